The molecule has 0 amide bonds. The highest BCUT2D eigenvalue weighted by molar-refractivity contribution is 6.07. The summed E-state index contributed by atoms with van der Waals surface area (Å²) in [5.74, 6) is 0. The Kier molecular flexibility index (Phi) is 4.26. The Morgan fingerprint density at radius 3 is 1.72 bits per heavy atom. The van der Waals surface area contributed by atoms with E-state index < -0.39 is 0 Å². The van der Waals surface area contributed by atoms with Crippen LogP contribution in [0.3, 0.4) is 0 Å². The van der Waals surface area contributed by atoms with Crippen molar-refractivity contribution < 1.29 is 0 Å². The molecule has 6 rings (SSSR count). The van der Waals surface area contributed by atoms with Gasteiger partial charge in [-0.05, 0) is 72.1 Å². The minimum absolute atomic E-state index is 1.17. The monoisotopic (exact) mass is 412 g/mol. The Morgan fingerprint density at radius 1 is 0.438 bits per heavy atom. The number of para-hydroxylation sites is 3. The highest BCUT2D eigenvalue weighted by Gasteiger charge is 2.32. The molecule has 1 aliphatic rings. The maximum atomic E-state index is 2.45. The van der Waals surface area contributed by atoms with Gasteiger partial charge in [-0.25, -0.2) is 0 Å². The lowest BCUT2D eigenvalue weighted by Crippen LogP contribution is -2.25. The minimum Gasteiger partial charge on any atom is -0.306 e. The van der Waals surface area contributed by atoms with Gasteiger partial charge in [0.2, 0.25) is 0 Å². The fraction of sp³-hybridized carbons (Fsp3) is 0.0667. The fourth-order valence-electron chi connectivity index (χ4n) is 4.86. The van der Waals surface area contributed by atoms with Crippen molar-refractivity contribution in [2.75, 3.05) is 9.80 Å². The van der Waals surface area contributed by atoms with E-state index in [0.29, 0.717) is 0 Å². The summed E-state index contributed by atoms with van der Waals surface area (Å²) in [6, 6.07) is 39.2. The van der Waals surface area contributed by atoms with E-state index in [-0.39, 0.29) is 0 Å². The maximum Gasteiger partial charge on any atom is 0.0732 e. The summed E-state index contributed by atoms with van der Waals surface area (Å²) in [5.41, 5.74) is 9.71. The molecule has 1 aliphatic heterocycles. The lowest BCUT2D eigenvalue weighted by molar-refractivity contribution is 1.15. The topological polar surface area (TPSA) is 6.48 Å². The summed E-state index contributed by atoms with van der Waals surface area (Å²) in [6.45, 7) is 4.40. The van der Waals surface area contributed by atoms with Crippen LogP contribution in [0, 0.1) is 13.8 Å². The molecule has 2 heteroatoms. The van der Waals surface area contributed by atoms with Crippen molar-refractivity contribution in [3.05, 3.63) is 120 Å². The van der Waals surface area contributed by atoms with Crippen molar-refractivity contribution in [2.24, 2.45) is 0 Å². The van der Waals surface area contributed by atoms with Gasteiger partial charge in [-0.3, -0.25) is 0 Å². The first-order valence-electron chi connectivity index (χ1n) is 11.1. The van der Waals surface area contributed by atoms with Gasteiger partial charge in [-0.2, -0.15) is 0 Å². The van der Waals surface area contributed by atoms with Crippen molar-refractivity contribution in [3.63, 3.8) is 0 Å². The number of rotatable bonds is 2. The van der Waals surface area contributed by atoms with Gasteiger partial charge in [0.05, 0.1) is 22.7 Å². The predicted octanol–water partition coefficient (Wildman–Crippen LogP) is 8.71. The van der Waals surface area contributed by atoms with E-state index in [1.54, 1.807) is 0 Å². The number of hydrogen-bond donors (Lipinski definition) is 0. The number of aryl methyl sites for hydroxylation is 2. The fourth-order valence-corrected chi connectivity index (χ4v) is 4.86. The molecule has 0 N–H and O–H groups in total. The van der Waals surface area contributed by atoms with E-state index in [4.69, 9.17) is 0 Å². The van der Waals surface area contributed by atoms with Crippen molar-refractivity contribution in [1.29, 1.82) is 0 Å². The molecule has 1 heterocycles. The molecule has 0 spiro atoms. The standard InChI is InChI=1S/C30H24N2/c1-21-11-6-9-17-26(21)32-29-20-24-14-8-7-13-23(24)19-28(29)31(25-15-4-3-5-16-25)27-18-10-12-22(2)30(27)32/h3-20H,1-2H3. The largest absolute Gasteiger partial charge is 0.306 e. The van der Waals surface area contributed by atoms with Gasteiger partial charge in [0.1, 0.15) is 0 Å². The molecular weight excluding hydrogens is 388 g/mol. The number of nitrogens with zero attached hydrogens (tertiary/aromatic N) is 2. The van der Waals surface area contributed by atoms with Crippen LogP contribution < -0.4 is 9.80 Å². The van der Waals surface area contributed by atoms with Gasteiger partial charge in [0.25, 0.3) is 0 Å². The number of hydrogen-bond acceptors (Lipinski definition) is 2. The lowest BCUT2D eigenvalue weighted by Gasteiger charge is -2.42. The third kappa shape index (κ3) is 2.80. The first-order chi connectivity index (χ1) is 15.7. The van der Waals surface area contributed by atoms with E-state index in [1.165, 1.54) is 56.0 Å². The summed E-state index contributed by atoms with van der Waals surface area (Å²) < 4.78 is 0. The predicted molar refractivity (Wildman–Crippen MR) is 136 cm³/mol. The average molecular weight is 413 g/mol. The Hall–Kier alpha value is -4.04. The lowest BCUT2D eigenvalue weighted by atomic mass is 9.98. The van der Waals surface area contributed by atoms with Gasteiger partial charge in [0.15, 0.2) is 0 Å². The smallest absolute Gasteiger partial charge is 0.0732 e. The zero-order valence-corrected chi connectivity index (χ0v) is 18.3. The average Bonchev–Trinajstić information content (AvgIpc) is 2.83. The summed E-state index contributed by atoms with van der Waals surface area (Å²) in [7, 11) is 0. The van der Waals surface area contributed by atoms with E-state index in [9.17, 15) is 0 Å². The second-order valence-corrected chi connectivity index (χ2v) is 8.42. The molecule has 0 radical (unpaired) electrons. The second-order valence-electron chi connectivity index (χ2n) is 8.42. The van der Waals surface area contributed by atoms with Crippen LogP contribution in [-0.4, -0.2) is 0 Å². The van der Waals surface area contributed by atoms with Gasteiger partial charge in [-0.1, -0.05) is 72.8 Å². The third-order valence-electron chi connectivity index (χ3n) is 6.38. The second kappa shape index (κ2) is 7.28. The number of anilines is 6. The number of benzene rings is 5. The quantitative estimate of drug-likeness (QED) is 0.280. The Morgan fingerprint density at radius 2 is 1.00 bits per heavy atom. The first kappa shape index (κ1) is 18.7. The van der Waals surface area contributed by atoms with Gasteiger partial charge >= 0.3 is 0 Å². The Labute approximate surface area is 189 Å². The number of fused-ring (bicyclic) bond motifs is 3. The van der Waals surface area contributed by atoms with Gasteiger partial charge < -0.3 is 9.80 Å². The molecule has 32 heavy (non-hydrogen) atoms. The highest BCUT2D eigenvalue weighted by Crippen LogP contribution is 2.56. The Balaban J connectivity index is 1.75. The molecule has 154 valence electrons. The van der Waals surface area contributed by atoms with Crippen molar-refractivity contribution in [2.45, 2.75) is 13.8 Å². The maximum absolute atomic E-state index is 2.45. The van der Waals surface area contributed by atoms with Crippen LogP contribution in [0.5, 0.6) is 0 Å². The zero-order chi connectivity index (χ0) is 21.7. The molecule has 0 saturated carbocycles. The van der Waals surface area contributed by atoms with Crippen molar-refractivity contribution in [3.8, 4) is 0 Å². The first-order valence-corrected chi connectivity index (χ1v) is 11.1. The molecule has 0 aliphatic carbocycles. The van der Waals surface area contributed by atoms with Crippen LogP contribution in [0.2, 0.25) is 0 Å². The molecule has 0 unspecified atom stereocenters. The Bertz CT molecular complexity index is 1450. The SMILES string of the molecule is Cc1ccccc1N1c2cc3ccccc3cc2N(c2ccccc2)c2cccc(C)c21. The van der Waals surface area contributed by atoms with Crippen LogP contribution in [0.25, 0.3) is 10.8 Å². The summed E-state index contributed by atoms with van der Waals surface area (Å²) in [6.07, 6.45) is 0. The van der Waals surface area contributed by atoms with Crippen molar-refractivity contribution in [1.82, 2.24) is 0 Å². The van der Waals surface area contributed by atoms with E-state index in [2.05, 4.69) is 133 Å². The molecule has 0 saturated heterocycles. The molecule has 5 aromatic rings. The zero-order valence-electron chi connectivity index (χ0n) is 18.3. The molecule has 0 bridgehead atoms. The van der Waals surface area contributed by atoms with E-state index in [1.807, 2.05) is 0 Å². The molecule has 0 atom stereocenters. The summed E-state index contributed by atoms with van der Waals surface area (Å²) >= 11 is 0. The van der Waals surface area contributed by atoms with Crippen LogP contribution in [0.15, 0.2) is 109 Å². The third-order valence-corrected chi connectivity index (χ3v) is 6.38. The summed E-state index contributed by atoms with van der Waals surface area (Å²) in [4.78, 5) is 4.85. The van der Waals surface area contributed by atoms with Crippen LogP contribution in [0.4, 0.5) is 34.1 Å². The molecule has 5 aromatic carbocycles. The van der Waals surface area contributed by atoms with Crippen LogP contribution >= 0.6 is 0 Å². The van der Waals surface area contributed by atoms with Crippen LogP contribution in [0.1, 0.15) is 11.1 Å². The highest BCUT2D eigenvalue weighted by atomic mass is 15.3. The van der Waals surface area contributed by atoms with Gasteiger partial charge in [0, 0.05) is 11.4 Å². The molecular formula is C30H24N2. The van der Waals surface area contributed by atoms with Crippen molar-refractivity contribution >= 4 is 44.9 Å². The summed E-state index contributed by atoms with van der Waals surface area (Å²) in [5, 5.41) is 2.49. The normalized spacial score (nSPS) is 12.6. The van der Waals surface area contributed by atoms with E-state index >= 15 is 0 Å². The molecule has 0 fully saturated rings. The molecule has 2 nitrogen and oxygen atoms in total. The van der Waals surface area contributed by atoms with Crippen LogP contribution in [-0.2, 0) is 0 Å². The van der Waals surface area contributed by atoms with Gasteiger partial charge in [-0.15, -0.1) is 0 Å². The molecule has 0 aromatic heterocycles. The van der Waals surface area contributed by atoms with E-state index in [0.717, 1.165) is 0 Å². The minimum atomic E-state index is 1.17.